The molecule has 0 spiro atoms. The van der Waals surface area contributed by atoms with Crippen LogP contribution in [0.15, 0.2) is 53.4 Å². The number of amides is 1. The van der Waals surface area contributed by atoms with Crippen LogP contribution in [0.5, 0.6) is 5.75 Å². The van der Waals surface area contributed by atoms with E-state index in [0.717, 1.165) is 11.4 Å². The Kier molecular flexibility index (Phi) is 6.68. The van der Waals surface area contributed by atoms with Crippen LogP contribution in [0.4, 0.5) is 10.8 Å². The van der Waals surface area contributed by atoms with Crippen molar-refractivity contribution < 1.29 is 17.9 Å². The molecule has 3 aromatic rings. The second kappa shape index (κ2) is 9.23. The Morgan fingerprint density at radius 3 is 2.47 bits per heavy atom. The fourth-order valence-electron chi connectivity index (χ4n) is 2.62. The second-order valence-corrected chi connectivity index (χ2v) is 9.63. The van der Waals surface area contributed by atoms with E-state index in [4.69, 9.17) is 4.74 Å². The summed E-state index contributed by atoms with van der Waals surface area (Å²) in [7, 11) is -2.37. The Morgan fingerprint density at radius 2 is 1.80 bits per heavy atom. The molecule has 0 fully saturated rings. The third-order valence-electron chi connectivity index (χ3n) is 4.05. The summed E-state index contributed by atoms with van der Waals surface area (Å²) in [4.78, 5) is 12.5. The van der Waals surface area contributed by atoms with Gasteiger partial charge in [0.1, 0.15) is 10.8 Å². The molecule has 0 unspecified atom stereocenters. The van der Waals surface area contributed by atoms with Gasteiger partial charge in [-0.05, 0) is 42.3 Å². The van der Waals surface area contributed by atoms with Crippen molar-refractivity contribution >= 4 is 38.1 Å². The van der Waals surface area contributed by atoms with Gasteiger partial charge in [-0.1, -0.05) is 37.3 Å². The molecule has 8 nitrogen and oxygen atoms in total. The van der Waals surface area contributed by atoms with E-state index in [1.165, 1.54) is 42.7 Å². The van der Waals surface area contributed by atoms with Crippen molar-refractivity contribution in [2.75, 3.05) is 17.1 Å². The van der Waals surface area contributed by atoms with Gasteiger partial charge in [-0.3, -0.25) is 14.8 Å². The maximum atomic E-state index is 12.6. The zero-order valence-electron chi connectivity index (χ0n) is 16.7. The molecule has 0 aliphatic rings. The van der Waals surface area contributed by atoms with E-state index in [0.29, 0.717) is 28.0 Å². The average Bonchev–Trinajstić information content (AvgIpc) is 3.14. The summed E-state index contributed by atoms with van der Waals surface area (Å²) in [5.74, 6) is 0.468. The molecule has 0 aliphatic heterocycles. The molecular formula is C20H22N4O4S2. The van der Waals surface area contributed by atoms with Crippen molar-refractivity contribution in [2.45, 2.75) is 25.2 Å². The SMILES string of the molecule is COc1ccccc1NS(=O)(=O)c1ccc(C(=O)Nc2nnc(CC(C)C)s2)cc1. The summed E-state index contributed by atoms with van der Waals surface area (Å²) < 4.78 is 33.0. The van der Waals surface area contributed by atoms with E-state index < -0.39 is 10.0 Å². The van der Waals surface area contributed by atoms with E-state index in [1.807, 2.05) is 0 Å². The third-order valence-corrected chi connectivity index (χ3v) is 6.29. The number of nitrogens with one attached hydrogen (secondary N) is 2. The molecule has 0 aliphatic carbocycles. The number of anilines is 2. The van der Waals surface area contributed by atoms with Crippen LogP contribution >= 0.6 is 11.3 Å². The summed E-state index contributed by atoms with van der Waals surface area (Å²) in [6.07, 6.45) is 0.791. The van der Waals surface area contributed by atoms with Gasteiger partial charge in [0, 0.05) is 12.0 Å². The van der Waals surface area contributed by atoms with Gasteiger partial charge < -0.3 is 4.74 Å². The van der Waals surface area contributed by atoms with Crippen LogP contribution in [0.3, 0.4) is 0 Å². The lowest BCUT2D eigenvalue weighted by atomic mass is 10.1. The highest BCUT2D eigenvalue weighted by Crippen LogP contribution is 2.26. The number of nitrogens with zero attached hydrogens (tertiary/aromatic N) is 2. The Bertz CT molecular complexity index is 1130. The summed E-state index contributed by atoms with van der Waals surface area (Å²) in [6.45, 7) is 4.16. The Hall–Kier alpha value is -2.98. The van der Waals surface area contributed by atoms with Crippen LogP contribution in [0.25, 0.3) is 0 Å². The largest absolute Gasteiger partial charge is 0.495 e. The predicted molar refractivity (Wildman–Crippen MR) is 117 cm³/mol. The van der Waals surface area contributed by atoms with Crippen LogP contribution in [-0.4, -0.2) is 31.6 Å². The number of sulfonamides is 1. The average molecular weight is 447 g/mol. The number of aromatic nitrogens is 2. The first-order valence-electron chi connectivity index (χ1n) is 9.18. The lowest BCUT2D eigenvalue weighted by Gasteiger charge is -2.11. The molecule has 1 aromatic heterocycles. The third kappa shape index (κ3) is 5.33. The molecule has 30 heavy (non-hydrogen) atoms. The molecule has 10 heteroatoms. The molecule has 158 valence electrons. The standard InChI is InChI=1S/C20H22N4O4S2/c1-13(2)12-18-22-23-20(29-18)21-19(25)14-8-10-15(11-9-14)30(26,27)24-16-6-4-5-7-17(16)28-3/h4-11,13,24H,12H2,1-3H3,(H,21,23,25). The van der Waals surface area contributed by atoms with E-state index in [9.17, 15) is 13.2 Å². The number of benzene rings is 2. The zero-order valence-corrected chi connectivity index (χ0v) is 18.4. The van der Waals surface area contributed by atoms with Crippen molar-refractivity contribution in [3.63, 3.8) is 0 Å². The van der Waals surface area contributed by atoms with Crippen LogP contribution in [-0.2, 0) is 16.4 Å². The number of carbonyl (C=O) groups is 1. The molecule has 0 radical (unpaired) electrons. The topological polar surface area (TPSA) is 110 Å². The number of methoxy groups -OCH3 is 1. The minimum Gasteiger partial charge on any atom is -0.495 e. The maximum absolute atomic E-state index is 12.6. The minimum atomic E-state index is -3.84. The van der Waals surface area contributed by atoms with Crippen molar-refractivity contribution in [1.82, 2.24) is 10.2 Å². The Labute approximate surface area is 179 Å². The van der Waals surface area contributed by atoms with E-state index in [1.54, 1.807) is 24.3 Å². The van der Waals surface area contributed by atoms with Crippen LogP contribution < -0.4 is 14.8 Å². The number of hydrogen-bond acceptors (Lipinski definition) is 7. The predicted octanol–water partition coefficient (Wildman–Crippen LogP) is 3.80. The van der Waals surface area contributed by atoms with Crippen molar-refractivity contribution in [3.8, 4) is 5.75 Å². The van der Waals surface area contributed by atoms with Crippen LogP contribution in [0.1, 0.15) is 29.2 Å². The molecule has 3 rings (SSSR count). The molecule has 0 bridgehead atoms. The Morgan fingerprint density at radius 1 is 1.10 bits per heavy atom. The number of rotatable bonds is 8. The van der Waals surface area contributed by atoms with Crippen LogP contribution in [0, 0.1) is 5.92 Å². The molecule has 0 saturated carbocycles. The first-order valence-corrected chi connectivity index (χ1v) is 11.5. The van der Waals surface area contributed by atoms with Gasteiger partial charge in [-0.25, -0.2) is 8.42 Å². The quantitative estimate of drug-likeness (QED) is 0.545. The molecule has 2 N–H and O–H groups in total. The first-order chi connectivity index (χ1) is 14.3. The first kappa shape index (κ1) is 21.7. The molecule has 0 atom stereocenters. The summed E-state index contributed by atoms with van der Waals surface area (Å²) >= 11 is 1.32. The highest BCUT2D eigenvalue weighted by atomic mass is 32.2. The molecule has 2 aromatic carbocycles. The smallest absolute Gasteiger partial charge is 0.262 e. The molecule has 1 heterocycles. The van der Waals surface area contributed by atoms with Crippen molar-refractivity contribution in [1.29, 1.82) is 0 Å². The van der Waals surface area contributed by atoms with Gasteiger partial charge >= 0.3 is 0 Å². The number of para-hydroxylation sites is 2. The fraction of sp³-hybridized carbons (Fsp3) is 0.250. The van der Waals surface area contributed by atoms with E-state index in [-0.39, 0.29) is 10.8 Å². The lowest BCUT2D eigenvalue weighted by Crippen LogP contribution is -2.15. The summed E-state index contributed by atoms with van der Waals surface area (Å²) in [6, 6.07) is 12.3. The Balaban J connectivity index is 1.70. The van der Waals surface area contributed by atoms with Gasteiger partial charge in [-0.2, -0.15) is 0 Å². The lowest BCUT2D eigenvalue weighted by molar-refractivity contribution is 0.102. The highest BCUT2D eigenvalue weighted by Gasteiger charge is 2.18. The maximum Gasteiger partial charge on any atom is 0.262 e. The summed E-state index contributed by atoms with van der Waals surface area (Å²) in [5.41, 5.74) is 0.641. The van der Waals surface area contributed by atoms with E-state index in [2.05, 4.69) is 34.1 Å². The van der Waals surface area contributed by atoms with Crippen molar-refractivity contribution in [3.05, 3.63) is 59.1 Å². The molecule has 0 saturated heterocycles. The van der Waals surface area contributed by atoms with Gasteiger partial charge in [0.05, 0.1) is 17.7 Å². The van der Waals surface area contributed by atoms with Crippen LogP contribution in [0.2, 0.25) is 0 Å². The minimum absolute atomic E-state index is 0.0279. The van der Waals surface area contributed by atoms with Gasteiger partial charge in [-0.15, -0.1) is 10.2 Å². The van der Waals surface area contributed by atoms with Gasteiger partial charge in [0.15, 0.2) is 0 Å². The summed E-state index contributed by atoms with van der Waals surface area (Å²) in [5, 5.41) is 12.0. The van der Waals surface area contributed by atoms with Crippen molar-refractivity contribution in [2.24, 2.45) is 5.92 Å². The highest BCUT2D eigenvalue weighted by molar-refractivity contribution is 7.92. The number of hydrogen-bond donors (Lipinski definition) is 2. The zero-order chi connectivity index (χ0) is 21.7. The van der Waals surface area contributed by atoms with E-state index >= 15 is 0 Å². The monoisotopic (exact) mass is 446 g/mol. The van der Waals surface area contributed by atoms with Gasteiger partial charge in [0.2, 0.25) is 5.13 Å². The molecule has 1 amide bonds. The van der Waals surface area contributed by atoms with Gasteiger partial charge in [0.25, 0.3) is 15.9 Å². The normalized spacial score (nSPS) is 11.3. The molecular weight excluding hydrogens is 424 g/mol. The second-order valence-electron chi connectivity index (χ2n) is 6.88. The number of ether oxygens (including phenoxy) is 1. The number of carbonyl (C=O) groups excluding carboxylic acids is 1. The fourth-order valence-corrected chi connectivity index (χ4v) is 4.64.